The Morgan fingerprint density at radius 3 is 2.24 bits per heavy atom. The molecule has 0 atom stereocenters. The van der Waals surface area contributed by atoms with Crippen LogP contribution in [-0.2, 0) is 19.4 Å². The second-order valence-electron chi connectivity index (χ2n) is 5.31. The lowest BCUT2D eigenvalue weighted by Crippen LogP contribution is -2.38. The van der Waals surface area contributed by atoms with Gasteiger partial charge in [-0.3, -0.25) is 0 Å². The fraction of sp³-hybridized carbons (Fsp3) is 0.714. The molecule has 1 fully saturated rings. The lowest BCUT2D eigenvalue weighted by Gasteiger charge is -2.27. The Bertz CT molecular complexity index is 498. The smallest absolute Gasteiger partial charge is 0.343 e. The van der Waals surface area contributed by atoms with Gasteiger partial charge >= 0.3 is 6.18 Å². The van der Waals surface area contributed by atoms with Crippen molar-refractivity contribution in [3.8, 4) is 0 Å². The molecule has 4 nitrogen and oxygen atoms in total. The zero-order chi connectivity index (χ0) is 15.6. The largest absolute Gasteiger partial charge is 0.405 e. The first-order valence-electron chi connectivity index (χ1n) is 7.32. The van der Waals surface area contributed by atoms with Gasteiger partial charge in [-0.1, -0.05) is 13.8 Å². The first-order valence-corrected chi connectivity index (χ1v) is 7.32. The Hall–Kier alpha value is -1.37. The minimum atomic E-state index is -4.26. The number of alkyl halides is 3. The van der Waals surface area contributed by atoms with Crippen molar-refractivity contribution < 1.29 is 13.2 Å². The lowest BCUT2D eigenvalue weighted by atomic mass is 10.0. The van der Waals surface area contributed by atoms with Crippen LogP contribution < -0.4 is 10.6 Å². The fourth-order valence-electron chi connectivity index (χ4n) is 2.64. The summed E-state index contributed by atoms with van der Waals surface area (Å²) < 4.78 is 38.5. The average molecular weight is 302 g/mol. The molecule has 0 saturated heterocycles. The number of rotatable bonds is 6. The molecule has 0 aromatic carbocycles. The third-order valence-electron chi connectivity index (χ3n) is 3.75. The van der Waals surface area contributed by atoms with Gasteiger partial charge in [0, 0.05) is 18.2 Å². The van der Waals surface area contributed by atoms with Crippen LogP contribution in [0.5, 0.6) is 0 Å². The number of halogens is 3. The van der Waals surface area contributed by atoms with Crippen LogP contribution in [0, 0.1) is 0 Å². The standard InChI is InChI=1S/C14H21F3N4/c1-3-10-11(7-18)13(20-19-12(10)4-2)21(9-5-6-9)8-14(15,16)17/h9H,3-8,18H2,1-2H3. The zero-order valence-electron chi connectivity index (χ0n) is 12.4. The summed E-state index contributed by atoms with van der Waals surface area (Å²) in [4.78, 5) is 1.33. The Kier molecular flexibility index (Phi) is 4.70. The topological polar surface area (TPSA) is 55.0 Å². The molecular formula is C14H21F3N4. The van der Waals surface area contributed by atoms with Crippen LogP contribution in [0.3, 0.4) is 0 Å². The molecule has 2 rings (SSSR count). The van der Waals surface area contributed by atoms with E-state index in [-0.39, 0.29) is 12.6 Å². The molecule has 7 heteroatoms. The molecule has 1 aliphatic carbocycles. The van der Waals surface area contributed by atoms with Crippen LogP contribution in [-0.4, -0.2) is 29.0 Å². The number of anilines is 1. The van der Waals surface area contributed by atoms with E-state index in [0.29, 0.717) is 24.2 Å². The molecule has 0 amide bonds. The highest BCUT2D eigenvalue weighted by atomic mass is 19.4. The van der Waals surface area contributed by atoms with Gasteiger partial charge < -0.3 is 10.6 Å². The fourth-order valence-corrected chi connectivity index (χ4v) is 2.64. The molecule has 0 bridgehead atoms. The summed E-state index contributed by atoms with van der Waals surface area (Å²) in [6, 6.07) is -0.0941. The predicted octanol–water partition coefficient (Wildman–Crippen LogP) is 2.59. The van der Waals surface area contributed by atoms with Crippen LogP contribution in [0.2, 0.25) is 0 Å². The van der Waals surface area contributed by atoms with Crippen molar-refractivity contribution in [1.29, 1.82) is 0 Å². The maximum atomic E-state index is 12.8. The molecule has 118 valence electrons. The predicted molar refractivity (Wildman–Crippen MR) is 75.1 cm³/mol. The minimum absolute atomic E-state index is 0.0941. The van der Waals surface area contributed by atoms with E-state index in [1.54, 1.807) is 0 Å². The molecule has 0 radical (unpaired) electrons. The highest BCUT2D eigenvalue weighted by Gasteiger charge is 2.40. The van der Waals surface area contributed by atoms with E-state index in [9.17, 15) is 13.2 Å². The van der Waals surface area contributed by atoms with Gasteiger partial charge in [0.15, 0.2) is 5.82 Å². The van der Waals surface area contributed by atoms with Crippen molar-refractivity contribution in [3.63, 3.8) is 0 Å². The van der Waals surface area contributed by atoms with Gasteiger partial charge in [0.05, 0.1) is 5.69 Å². The van der Waals surface area contributed by atoms with Crippen molar-refractivity contribution in [1.82, 2.24) is 10.2 Å². The molecule has 1 heterocycles. The summed E-state index contributed by atoms with van der Waals surface area (Å²) in [7, 11) is 0. The molecule has 1 saturated carbocycles. The molecule has 0 aliphatic heterocycles. The van der Waals surface area contributed by atoms with Crippen LogP contribution in [0.4, 0.5) is 19.0 Å². The van der Waals surface area contributed by atoms with Gasteiger partial charge in [0.25, 0.3) is 0 Å². The third-order valence-corrected chi connectivity index (χ3v) is 3.75. The third kappa shape index (κ3) is 3.64. The molecular weight excluding hydrogens is 281 g/mol. The molecule has 1 aromatic heterocycles. The van der Waals surface area contributed by atoms with E-state index in [4.69, 9.17) is 5.73 Å². The molecule has 1 aliphatic rings. The Balaban J connectivity index is 2.45. The van der Waals surface area contributed by atoms with E-state index >= 15 is 0 Å². The second kappa shape index (κ2) is 6.17. The second-order valence-corrected chi connectivity index (χ2v) is 5.31. The van der Waals surface area contributed by atoms with Gasteiger partial charge in [-0.15, -0.1) is 5.10 Å². The summed E-state index contributed by atoms with van der Waals surface area (Å²) in [6.07, 6.45) is -1.33. The Morgan fingerprint density at radius 1 is 1.14 bits per heavy atom. The van der Waals surface area contributed by atoms with Crippen LogP contribution in [0.15, 0.2) is 0 Å². The number of aryl methyl sites for hydroxylation is 1. The van der Waals surface area contributed by atoms with E-state index in [0.717, 1.165) is 24.1 Å². The van der Waals surface area contributed by atoms with E-state index in [1.165, 1.54) is 4.90 Å². The number of hydrogen-bond acceptors (Lipinski definition) is 4. The molecule has 2 N–H and O–H groups in total. The first kappa shape index (κ1) is 16.0. The Morgan fingerprint density at radius 2 is 1.81 bits per heavy atom. The van der Waals surface area contributed by atoms with Gasteiger partial charge in [-0.2, -0.15) is 18.3 Å². The van der Waals surface area contributed by atoms with E-state index < -0.39 is 12.7 Å². The average Bonchev–Trinajstić information content (AvgIpc) is 3.26. The molecule has 1 aromatic rings. The number of hydrogen-bond donors (Lipinski definition) is 1. The van der Waals surface area contributed by atoms with Gasteiger partial charge in [0.1, 0.15) is 6.54 Å². The maximum absolute atomic E-state index is 12.8. The first-order chi connectivity index (χ1) is 9.91. The minimum Gasteiger partial charge on any atom is -0.343 e. The van der Waals surface area contributed by atoms with Crippen molar-refractivity contribution >= 4 is 5.82 Å². The van der Waals surface area contributed by atoms with Crippen molar-refractivity contribution in [3.05, 3.63) is 16.8 Å². The summed E-state index contributed by atoms with van der Waals surface area (Å²) in [5.41, 5.74) is 8.27. The zero-order valence-corrected chi connectivity index (χ0v) is 12.4. The highest BCUT2D eigenvalue weighted by Crippen LogP contribution is 2.36. The highest BCUT2D eigenvalue weighted by molar-refractivity contribution is 5.53. The van der Waals surface area contributed by atoms with E-state index in [2.05, 4.69) is 10.2 Å². The van der Waals surface area contributed by atoms with E-state index in [1.807, 2.05) is 13.8 Å². The SMILES string of the molecule is CCc1nnc(N(CC(F)(F)F)C2CC2)c(CN)c1CC. The van der Waals surface area contributed by atoms with Crippen molar-refractivity contribution in [2.75, 3.05) is 11.4 Å². The van der Waals surface area contributed by atoms with Gasteiger partial charge in [-0.25, -0.2) is 0 Å². The van der Waals surface area contributed by atoms with Crippen LogP contribution in [0.25, 0.3) is 0 Å². The number of nitrogens with zero attached hydrogens (tertiary/aromatic N) is 3. The maximum Gasteiger partial charge on any atom is 0.405 e. The number of aromatic nitrogens is 2. The normalized spacial score (nSPS) is 15.3. The van der Waals surface area contributed by atoms with Crippen LogP contribution in [0.1, 0.15) is 43.5 Å². The quantitative estimate of drug-likeness (QED) is 0.877. The number of nitrogens with two attached hydrogens (primary N) is 1. The summed E-state index contributed by atoms with van der Waals surface area (Å²) in [5.74, 6) is 0.311. The molecule has 0 spiro atoms. The summed E-state index contributed by atoms with van der Waals surface area (Å²) in [5, 5.41) is 8.19. The van der Waals surface area contributed by atoms with Crippen molar-refractivity contribution in [2.45, 2.75) is 58.3 Å². The lowest BCUT2D eigenvalue weighted by molar-refractivity contribution is -0.120. The molecule has 21 heavy (non-hydrogen) atoms. The van der Waals surface area contributed by atoms with Gasteiger partial charge in [-0.05, 0) is 31.2 Å². The summed E-state index contributed by atoms with van der Waals surface area (Å²) >= 11 is 0. The summed E-state index contributed by atoms with van der Waals surface area (Å²) in [6.45, 7) is 3.11. The van der Waals surface area contributed by atoms with Crippen molar-refractivity contribution in [2.24, 2.45) is 5.73 Å². The molecule has 0 unspecified atom stereocenters. The monoisotopic (exact) mass is 302 g/mol. The van der Waals surface area contributed by atoms with Gasteiger partial charge in [0.2, 0.25) is 0 Å². The Labute approximate surface area is 122 Å². The van der Waals surface area contributed by atoms with Crippen LogP contribution >= 0.6 is 0 Å².